The van der Waals surface area contributed by atoms with Crippen LogP contribution in [0.2, 0.25) is 0 Å². The summed E-state index contributed by atoms with van der Waals surface area (Å²) in [6, 6.07) is 10.5. The molecule has 6 heteroatoms. The first-order chi connectivity index (χ1) is 9.99. The van der Waals surface area contributed by atoms with Crippen LogP contribution < -0.4 is 10.5 Å². The number of rotatable bonds is 4. The lowest BCUT2D eigenvalue weighted by Gasteiger charge is -2.10. The highest BCUT2D eigenvalue weighted by Gasteiger charge is 2.11. The molecule has 0 fully saturated rings. The van der Waals surface area contributed by atoms with E-state index in [9.17, 15) is 4.79 Å². The lowest BCUT2D eigenvalue weighted by molar-refractivity contribution is 0.0470. The minimum absolute atomic E-state index is 0.119. The summed E-state index contributed by atoms with van der Waals surface area (Å²) in [6.07, 6.45) is 0. The molecule has 21 heavy (non-hydrogen) atoms. The Hall–Kier alpha value is -1.53. The van der Waals surface area contributed by atoms with Crippen LogP contribution in [0, 0.1) is 0 Å². The Morgan fingerprint density at radius 1 is 1.14 bits per heavy atom. The monoisotopic (exact) mass is 413 g/mol. The third kappa shape index (κ3) is 4.22. The van der Waals surface area contributed by atoms with E-state index in [0.29, 0.717) is 17.0 Å². The summed E-state index contributed by atoms with van der Waals surface area (Å²) >= 11 is 6.67. The smallest absolute Gasteiger partial charge is 0.338 e. The van der Waals surface area contributed by atoms with Crippen molar-refractivity contribution in [1.29, 1.82) is 0 Å². The van der Waals surface area contributed by atoms with E-state index in [4.69, 9.17) is 15.2 Å². The van der Waals surface area contributed by atoms with Gasteiger partial charge in [0.25, 0.3) is 0 Å². The molecule has 0 saturated heterocycles. The first kappa shape index (κ1) is 15.9. The molecule has 0 radical (unpaired) electrons. The first-order valence-electron chi connectivity index (χ1n) is 6.05. The fourth-order valence-corrected chi connectivity index (χ4v) is 2.74. The normalized spacial score (nSPS) is 10.2. The molecule has 2 N–H and O–H groups in total. The van der Waals surface area contributed by atoms with Crippen molar-refractivity contribution in [2.24, 2.45) is 0 Å². The molecule has 0 atom stereocenters. The van der Waals surface area contributed by atoms with Gasteiger partial charge in [0.05, 0.1) is 12.7 Å². The quantitative estimate of drug-likeness (QED) is 0.602. The van der Waals surface area contributed by atoms with Crippen molar-refractivity contribution in [1.82, 2.24) is 0 Å². The van der Waals surface area contributed by atoms with Crippen molar-refractivity contribution < 1.29 is 14.3 Å². The Labute approximate surface area is 139 Å². The molecule has 0 aliphatic heterocycles. The molecular formula is C15H13Br2NO3. The number of carbonyl (C=O) groups is 1. The van der Waals surface area contributed by atoms with Gasteiger partial charge < -0.3 is 15.2 Å². The Morgan fingerprint density at radius 3 is 2.57 bits per heavy atom. The molecule has 0 spiro atoms. The van der Waals surface area contributed by atoms with Gasteiger partial charge in [0.15, 0.2) is 0 Å². The van der Waals surface area contributed by atoms with Crippen molar-refractivity contribution in [2.75, 3.05) is 12.8 Å². The fraction of sp³-hybridized carbons (Fsp3) is 0.133. The molecule has 0 heterocycles. The summed E-state index contributed by atoms with van der Waals surface area (Å²) in [6.45, 7) is 0.119. The number of ether oxygens (including phenoxy) is 2. The van der Waals surface area contributed by atoms with E-state index in [0.717, 1.165) is 14.5 Å². The second-order valence-electron chi connectivity index (χ2n) is 4.31. The number of hydrogen-bond acceptors (Lipinski definition) is 4. The van der Waals surface area contributed by atoms with E-state index >= 15 is 0 Å². The number of nitrogen functional groups attached to an aromatic ring is 1. The van der Waals surface area contributed by atoms with Gasteiger partial charge in [-0.2, -0.15) is 0 Å². The third-order valence-electron chi connectivity index (χ3n) is 2.76. The predicted molar refractivity (Wildman–Crippen MR) is 88.4 cm³/mol. The molecule has 0 aromatic heterocycles. The maximum absolute atomic E-state index is 12.1. The second-order valence-corrected chi connectivity index (χ2v) is 6.14. The van der Waals surface area contributed by atoms with Gasteiger partial charge in [-0.25, -0.2) is 4.79 Å². The van der Waals surface area contributed by atoms with Gasteiger partial charge in [0.2, 0.25) is 0 Å². The minimum Gasteiger partial charge on any atom is -0.496 e. The summed E-state index contributed by atoms with van der Waals surface area (Å²) < 4.78 is 12.2. The molecule has 0 bridgehead atoms. The molecular weight excluding hydrogens is 402 g/mol. The SMILES string of the molecule is COc1ccc(Br)cc1COC(=O)c1cc(N)cc(Br)c1. The largest absolute Gasteiger partial charge is 0.496 e. The second kappa shape index (κ2) is 6.95. The van der Waals surface area contributed by atoms with Gasteiger partial charge in [0.1, 0.15) is 12.4 Å². The summed E-state index contributed by atoms with van der Waals surface area (Å²) in [5, 5.41) is 0. The molecule has 110 valence electrons. The van der Waals surface area contributed by atoms with E-state index in [1.54, 1.807) is 25.3 Å². The Balaban J connectivity index is 2.12. The Morgan fingerprint density at radius 2 is 1.90 bits per heavy atom. The molecule has 0 saturated carbocycles. The van der Waals surface area contributed by atoms with Gasteiger partial charge in [-0.15, -0.1) is 0 Å². The molecule has 0 aliphatic rings. The number of nitrogens with two attached hydrogens (primary N) is 1. The molecule has 2 aromatic rings. The molecule has 0 aliphatic carbocycles. The van der Waals surface area contributed by atoms with Crippen molar-refractivity contribution >= 4 is 43.5 Å². The van der Waals surface area contributed by atoms with Crippen LogP contribution in [0.1, 0.15) is 15.9 Å². The van der Waals surface area contributed by atoms with Crippen molar-refractivity contribution in [3.63, 3.8) is 0 Å². The highest BCUT2D eigenvalue weighted by molar-refractivity contribution is 9.10. The maximum atomic E-state index is 12.1. The first-order valence-corrected chi connectivity index (χ1v) is 7.64. The zero-order chi connectivity index (χ0) is 15.4. The zero-order valence-electron chi connectivity index (χ0n) is 11.2. The summed E-state index contributed by atoms with van der Waals surface area (Å²) in [4.78, 5) is 12.1. The number of esters is 1. The van der Waals surface area contributed by atoms with Crippen LogP contribution in [0.4, 0.5) is 5.69 Å². The average Bonchev–Trinajstić information content (AvgIpc) is 2.43. The van der Waals surface area contributed by atoms with Gasteiger partial charge in [-0.3, -0.25) is 0 Å². The van der Waals surface area contributed by atoms with E-state index < -0.39 is 5.97 Å². The van der Waals surface area contributed by atoms with E-state index in [1.807, 2.05) is 18.2 Å². The molecule has 0 amide bonds. The number of methoxy groups -OCH3 is 1. The summed E-state index contributed by atoms with van der Waals surface area (Å²) in [5.74, 6) is 0.227. The molecule has 2 aromatic carbocycles. The van der Waals surface area contributed by atoms with E-state index in [1.165, 1.54) is 0 Å². The van der Waals surface area contributed by atoms with Gasteiger partial charge in [0, 0.05) is 20.2 Å². The number of anilines is 1. The van der Waals surface area contributed by atoms with Gasteiger partial charge >= 0.3 is 5.97 Å². The van der Waals surface area contributed by atoms with Crippen molar-refractivity contribution in [3.8, 4) is 5.75 Å². The lowest BCUT2D eigenvalue weighted by atomic mass is 10.2. The average molecular weight is 415 g/mol. The number of carbonyl (C=O) groups excluding carboxylic acids is 1. The molecule has 2 rings (SSSR count). The summed E-state index contributed by atoms with van der Waals surface area (Å²) in [7, 11) is 1.57. The van der Waals surface area contributed by atoms with Crippen LogP contribution in [-0.4, -0.2) is 13.1 Å². The van der Waals surface area contributed by atoms with Crippen LogP contribution >= 0.6 is 31.9 Å². The van der Waals surface area contributed by atoms with Crippen molar-refractivity contribution in [3.05, 3.63) is 56.5 Å². The molecule has 0 unspecified atom stereocenters. The number of halogens is 2. The van der Waals surface area contributed by atoms with E-state index in [-0.39, 0.29) is 6.61 Å². The van der Waals surface area contributed by atoms with Gasteiger partial charge in [-0.1, -0.05) is 31.9 Å². The predicted octanol–water partition coefficient (Wildman–Crippen LogP) is 4.16. The van der Waals surface area contributed by atoms with Crippen LogP contribution in [0.3, 0.4) is 0 Å². The topological polar surface area (TPSA) is 61.5 Å². The number of benzene rings is 2. The Bertz CT molecular complexity index is 654. The highest BCUT2D eigenvalue weighted by Crippen LogP contribution is 2.24. The summed E-state index contributed by atoms with van der Waals surface area (Å²) in [5.41, 5.74) is 7.38. The highest BCUT2D eigenvalue weighted by atomic mass is 79.9. The van der Waals surface area contributed by atoms with Crippen LogP contribution in [0.15, 0.2) is 45.3 Å². The zero-order valence-corrected chi connectivity index (χ0v) is 14.4. The van der Waals surface area contributed by atoms with E-state index in [2.05, 4.69) is 31.9 Å². The number of hydrogen-bond donors (Lipinski definition) is 1. The van der Waals surface area contributed by atoms with Crippen LogP contribution in [0.25, 0.3) is 0 Å². The molecule has 4 nitrogen and oxygen atoms in total. The van der Waals surface area contributed by atoms with Crippen molar-refractivity contribution in [2.45, 2.75) is 6.61 Å². The standard InChI is InChI=1S/C15H13Br2NO3/c1-20-14-3-2-11(16)5-10(14)8-21-15(19)9-4-12(17)7-13(18)6-9/h2-7H,8,18H2,1H3. The van der Waals surface area contributed by atoms with Crippen LogP contribution in [0.5, 0.6) is 5.75 Å². The fourth-order valence-electron chi connectivity index (χ4n) is 1.82. The van der Waals surface area contributed by atoms with Crippen LogP contribution in [-0.2, 0) is 11.3 Å². The Kier molecular flexibility index (Phi) is 5.25. The van der Waals surface area contributed by atoms with Gasteiger partial charge in [-0.05, 0) is 36.4 Å². The lowest BCUT2D eigenvalue weighted by Crippen LogP contribution is -2.07. The third-order valence-corrected chi connectivity index (χ3v) is 3.71. The maximum Gasteiger partial charge on any atom is 0.338 e. The minimum atomic E-state index is -0.440.